The molecule has 0 radical (unpaired) electrons. The summed E-state index contributed by atoms with van der Waals surface area (Å²) in [6.07, 6.45) is -1.09. The van der Waals surface area contributed by atoms with Gasteiger partial charge in [-0.1, -0.05) is 0 Å². The van der Waals surface area contributed by atoms with Crippen LogP contribution in [0.25, 0.3) is 0 Å². The van der Waals surface area contributed by atoms with Gasteiger partial charge < -0.3 is 9.84 Å². The van der Waals surface area contributed by atoms with E-state index in [0.717, 1.165) is 0 Å². The van der Waals surface area contributed by atoms with Crippen LogP contribution in [0, 0.1) is 5.82 Å². The molecule has 1 aromatic carbocycles. The molecule has 0 unspecified atom stereocenters. The van der Waals surface area contributed by atoms with Crippen LogP contribution in [0.4, 0.5) is 9.18 Å². The molecule has 1 amide bonds. The quantitative estimate of drug-likeness (QED) is 0.836. The zero-order valence-electron chi connectivity index (χ0n) is 8.76. The largest absolute Gasteiger partial charge is 0.486 e. The summed E-state index contributed by atoms with van der Waals surface area (Å²) in [5.74, 6) is 0.240. The van der Waals surface area contributed by atoms with Crippen LogP contribution in [-0.4, -0.2) is 34.8 Å². The lowest BCUT2D eigenvalue weighted by atomic mass is 10.0. The Morgan fingerprint density at radius 2 is 2.12 bits per heavy atom. The fraction of sp³-hybridized carbons (Fsp3) is 0.364. The van der Waals surface area contributed by atoms with Gasteiger partial charge in [-0.25, -0.2) is 9.18 Å². The maximum absolute atomic E-state index is 12.6. The van der Waals surface area contributed by atoms with E-state index in [1.165, 1.54) is 29.2 Å². The molecule has 1 aromatic rings. The molecule has 16 heavy (non-hydrogen) atoms. The third-order valence-corrected chi connectivity index (χ3v) is 2.75. The molecule has 1 aliphatic heterocycles. The van der Waals surface area contributed by atoms with Crippen molar-refractivity contribution in [2.45, 2.75) is 19.1 Å². The number of carbonyl (C=O) groups is 1. The number of hydrogen-bond donors (Lipinski definition) is 1. The average Bonchev–Trinajstić information content (AvgIpc) is 2.25. The first kappa shape index (κ1) is 10.7. The van der Waals surface area contributed by atoms with Gasteiger partial charge in [-0.3, -0.25) is 4.90 Å². The Labute approximate surface area is 92.2 Å². The van der Waals surface area contributed by atoms with Gasteiger partial charge in [0.25, 0.3) is 0 Å². The first-order valence-electron chi connectivity index (χ1n) is 4.99. The minimum absolute atomic E-state index is 0.151. The predicted molar refractivity (Wildman–Crippen MR) is 55.0 cm³/mol. The van der Waals surface area contributed by atoms with Gasteiger partial charge in [0.2, 0.25) is 0 Å². The van der Waals surface area contributed by atoms with E-state index in [4.69, 9.17) is 9.84 Å². The molecule has 1 saturated heterocycles. The molecule has 2 atom stereocenters. The highest BCUT2D eigenvalue weighted by molar-refractivity contribution is 5.66. The standard InChI is InChI=1S/C11H12FNO3/c1-7-10(6-13(7)11(14)15)16-9-4-2-8(12)3-5-9/h2-5,7,10H,6H2,1H3,(H,14,15)/t7-,10+/m1/s1. The van der Waals surface area contributed by atoms with Crippen molar-refractivity contribution in [2.24, 2.45) is 0 Å². The van der Waals surface area contributed by atoms with Crippen molar-refractivity contribution in [1.82, 2.24) is 4.90 Å². The zero-order chi connectivity index (χ0) is 11.7. The third kappa shape index (κ3) is 1.93. The van der Waals surface area contributed by atoms with Crippen molar-refractivity contribution in [3.63, 3.8) is 0 Å². The summed E-state index contributed by atoms with van der Waals surface area (Å²) < 4.78 is 18.1. The van der Waals surface area contributed by atoms with Gasteiger partial charge in [0, 0.05) is 0 Å². The van der Waals surface area contributed by atoms with Crippen LogP contribution < -0.4 is 4.74 Å². The van der Waals surface area contributed by atoms with Crippen LogP contribution in [0.1, 0.15) is 6.92 Å². The highest BCUT2D eigenvalue weighted by atomic mass is 19.1. The summed E-state index contributed by atoms with van der Waals surface area (Å²) in [5.41, 5.74) is 0. The molecule has 0 aromatic heterocycles. The van der Waals surface area contributed by atoms with Crippen molar-refractivity contribution in [1.29, 1.82) is 0 Å². The Balaban J connectivity index is 1.93. The summed E-state index contributed by atoms with van der Waals surface area (Å²) in [4.78, 5) is 12.0. The smallest absolute Gasteiger partial charge is 0.407 e. The SMILES string of the molecule is C[C@@H]1[C@@H](Oc2ccc(F)cc2)CN1C(=O)O. The molecule has 0 spiro atoms. The highest BCUT2D eigenvalue weighted by Gasteiger charge is 2.40. The average molecular weight is 225 g/mol. The van der Waals surface area contributed by atoms with Crippen molar-refractivity contribution in [2.75, 3.05) is 6.54 Å². The fourth-order valence-electron chi connectivity index (χ4n) is 1.65. The first-order chi connectivity index (χ1) is 7.58. The normalized spacial score (nSPS) is 23.8. The second-order valence-corrected chi connectivity index (χ2v) is 3.79. The Kier molecular flexibility index (Phi) is 2.68. The topological polar surface area (TPSA) is 49.8 Å². The summed E-state index contributed by atoms with van der Waals surface area (Å²) in [7, 11) is 0. The monoisotopic (exact) mass is 225 g/mol. The zero-order valence-corrected chi connectivity index (χ0v) is 8.76. The van der Waals surface area contributed by atoms with Gasteiger partial charge >= 0.3 is 6.09 Å². The number of halogens is 1. The van der Waals surface area contributed by atoms with Crippen LogP contribution >= 0.6 is 0 Å². The van der Waals surface area contributed by atoms with Crippen LogP contribution in [0.3, 0.4) is 0 Å². The second-order valence-electron chi connectivity index (χ2n) is 3.79. The molecule has 0 saturated carbocycles. The molecule has 1 fully saturated rings. The molecule has 1 heterocycles. The van der Waals surface area contributed by atoms with E-state index in [0.29, 0.717) is 12.3 Å². The maximum atomic E-state index is 12.6. The molecule has 5 heteroatoms. The van der Waals surface area contributed by atoms with Gasteiger partial charge in [0.1, 0.15) is 17.7 Å². The number of ether oxygens (including phenoxy) is 1. The number of hydrogen-bond acceptors (Lipinski definition) is 2. The minimum Gasteiger partial charge on any atom is -0.486 e. The van der Waals surface area contributed by atoms with E-state index in [2.05, 4.69) is 0 Å². The lowest BCUT2D eigenvalue weighted by molar-refractivity contribution is -0.0225. The lowest BCUT2D eigenvalue weighted by Gasteiger charge is -2.43. The van der Waals surface area contributed by atoms with Crippen molar-refractivity contribution >= 4 is 6.09 Å². The van der Waals surface area contributed by atoms with Gasteiger partial charge in [0.15, 0.2) is 0 Å². The van der Waals surface area contributed by atoms with Gasteiger partial charge in [-0.05, 0) is 31.2 Å². The Hall–Kier alpha value is -1.78. The van der Waals surface area contributed by atoms with Crippen LogP contribution in [0.15, 0.2) is 24.3 Å². The summed E-state index contributed by atoms with van der Waals surface area (Å²) >= 11 is 0. The summed E-state index contributed by atoms with van der Waals surface area (Å²) in [6.45, 7) is 2.14. The third-order valence-electron chi connectivity index (χ3n) is 2.75. The molecular formula is C11H12FNO3. The van der Waals surface area contributed by atoms with E-state index >= 15 is 0 Å². The number of likely N-dealkylation sites (tertiary alicyclic amines) is 1. The van der Waals surface area contributed by atoms with Crippen molar-refractivity contribution in [3.05, 3.63) is 30.1 Å². The van der Waals surface area contributed by atoms with Crippen LogP contribution in [0.5, 0.6) is 5.75 Å². The fourth-order valence-corrected chi connectivity index (χ4v) is 1.65. The molecule has 1 aliphatic rings. The van der Waals surface area contributed by atoms with Crippen LogP contribution in [0.2, 0.25) is 0 Å². The Morgan fingerprint density at radius 1 is 1.50 bits per heavy atom. The number of nitrogens with zero attached hydrogens (tertiary/aromatic N) is 1. The van der Waals surface area contributed by atoms with E-state index in [9.17, 15) is 9.18 Å². The number of rotatable bonds is 2. The van der Waals surface area contributed by atoms with E-state index < -0.39 is 6.09 Å². The summed E-state index contributed by atoms with van der Waals surface area (Å²) in [6, 6.07) is 5.53. The lowest BCUT2D eigenvalue weighted by Crippen LogP contribution is -2.62. The number of amides is 1. The van der Waals surface area contributed by atoms with Gasteiger partial charge in [-0.15, -0.1) is 0 Å². The van der Waals surface area contributed by atoms with Crippen molar-refractivity contribution in [3.8, 4) is 5.75 Å². The Bertz CT molecular complexity index is 393. The highest BCUT2D eigenvalue weighted by Crippen LogP contribution is 2.23. The second kappa shape index (κ2) is 4.00. The predicted octanol–water partition coefficient (Wildman–Crippen LogP) is 1.96. The van der Waals surface area contributed by atoms with Crippen molar-refractivity contribution < 1.29 is 19.0 Å². The van der Waals surface area contributed by atoms with E-state index in [1.54, 1.807) is 6.92 Å². The van der Waals surface area contributed by atoms with Crippen LogP contribution in [-0.2, 0) is 0 Å². The molecule has 1 N–H and O–H groups in total. The number of benzene rings is 1. The molecule has 0 bridgehead atoms. The number of carboxylic acid groups (broad SMARTS) is 1. The molecule has 2 rings (SSSR count). The maximum Gasteiger partial charge on any atom is 0.407 e. The molecule has 86 valence electrons. The molecule has 0 aliphatic carbocycles. The summed E-state index contributed by atoms with van der Waals surface area (Å²) in [5, 5.41) is 8.74. The van der Waals surface area contributed by atoms with E-state index in [-0.39, 0.29) is 18.0 Å². The van der Waals surface area contributed by atoms with E-state index in [1.807, 2.05) is 0 Å². The molecule has 4 nitrogen and oxygen atoms in total. The molecular weight excluding hydrogens is 213 g/mol. The Morgan fingerprint density at radius 3 is 2.62 bits per heavy atom. The van der Waals surface area contributed by atoms with Gasteiger partial charge in [-0.2, -0.15) is 0 Å². The first-order valence-corrected chi connectivity index (χ1v) is 4.99. The van der Waals surface area contributed by atoms with Gasteiger partial charge in [0.05, 0.1) is 12.6 Å². The minimum atomic E-state index is -0.938.